The van der Waals surface area contributed by atoms with Crippen LogP contribution in [-0.2, 0) is 73.5 Å². The molecule has 24 nitrogen and oxygen atoms in total. The minimum Gasteiger partial charge on any atom is -0.550 e. The number of aromatic nitrogens is 12. The van der Waals surface area contributed by atoms with Gasteiger partial charge in [0.2, 0.25) is 0 Å². The second-order valence-electron chi connectivity index (χ2n) is 32.1. The van der Waals surface area contributed by atoms with Crippen molar-refractivity contribution < 1.29 is 104 Å². The Balaban J connectivity index is 0.000000185. The fourth-order valence-corrected chi connectivity index (χ4v) is 17.3. The first-order valence-electron chi connectivity index (χ1n) is 41.5. The first kappa shape index (κ1) is 95.2. The maximum Gasteiger partial charge on any atom is 3.00 e. The normalized spacial score (nSPS) is 12.8. The second-order valence-corrected chi connectivity index (χ2v) is 32.1. The van der Waals surface area contributed by atoms with Gasteiger partial charge in [-0.05, 0) is 333 Å². The number of hydrogen-bond acceptors (Lipinski definition) is 18. The van der Waals surface area contributed by atoms with Crippen molar-refractivity contribution >= 4 is 205 Å². The van der Waals surface area contributed by atoms with E-state index in [1.54, 1.807) is 18.2 Å². The maximum atomic E-state index is 11.4. The third-order valence-electron chi connectivity index (χ3n) is 24.6. The molecule has 9 aromatic rings. The van der Waals surface area contributed by atoms with Gasteiger partial charge in [0.25, 0.3) is 0 Å². The summed E-state index contributed by atoms with van der Waals surface area (Å²) in [6, 6.07) is 23.3. The van der Waals surface area contributed by atoms with Crippen LogP contribution in [0.3, 0.4) is 0 Å². The third-order valence-corrected chi connectivity index (χ3v) is 24.6. The Hall–Kier alpha value is -13.5. The summed E-state index contributed by atoms with van der Waals surface area (Å²) in [6.45, 7) is 47.9. The van der Waals surface area contributed by atoms with Crippen LogP contribution in [0.5, 0.6) is 0 Å². The van der Waals surface area contributed by atoms with Gasteiger partial charge in [0.1, 0.15) is 0 Å². The van der Waals surface area contributed by atoms with E-state index < -0.39 is 35.8 Å². The van der Waals surface area contributed by atoms with Crippen LogP contribution in [0, 0.1) is 41.5 Å². The van der Waals surface area contributed by atoms with E-state index >= 15 is 0 Å². The van der Waals surface area contributed by atoms with Crippen LogP contribution in [0.25, 0.3) is 170 Å². The van der Waals surface area contributed by atoms with Gasteiger partial charge in [-0.25, -0.2) is 29.9 Å². The molecule has 15 rings (SSSR count). The molecule has 0 unspecified atom stereocenters. The summed E-state index contributed by atoms with van der Waals surface area (Å²) in [5, 5.41) is 68.4. The zero-order valence-electron chi connectivity index (χ0n) is 73.3. The first-order chi connectivity index (χ1) is 60.0. The molecule has 15 heterocycles. The fourth-order valence-electron chi connectivity index (χ4n) is 17.3. The Labute approximate surface area is 771 Å². The van der Waals surface area contributed by atoms with Gasteiger partial charge in [0, 0.05) is 135 Å². The van der Waals surface area contributed by atoms with E-state index in [1.807, 2.05) is 174 Å². The Morgan fingerprint density at radius 1 is 0.227 bits per heavy atom. The fraction of sp³-hybridized carbons (Fsp3) is 0.235. The number of allylic oxidation sites excluding steroid dienone is 12. The standard InChI is InChI=1S/3C34H34N4O4.2Au/c3*1-7-21-17(3)25-13-26-19(5)23(9-11-33(39)40)31(37-26)16-32-24(10-12-34(41)42)20(6)28(38-32)15-30-22(8-2)18(4)27(36-30)14-29(21)35-25;;/h3*7-8,13-16,35-36H,1-2,9-12H2,3-6H3,(H,39,40)(H,41,42);;/q;;;2*+3/p-6. The molecule has 0 saturated carbocycles. The minimum absolute atomic E-state index is 0. The zero-order valence-corrected chi connectivity index (χ0v) is 77.6. The molecule has 0 aliphatic carbocycles. The maximum absolute atomic E-state index is 11.4. The molecule has 0 amide bonds. The van der Waals surface area contributed by atoms with Crippen molar-refractivity contribution in [2.45, 2.75) is 160 Å². The van der Waals surface area contributed by atoms with E-state index in [2.05, 4.69) is 69.4 Å². The molecule has 26 heteroatoms. The van der Waals surface area contributed by atoms with Gasteiger partial charge < -0.3 is 89.3 Å². The molecule has 6 N–H and O–H groups in total. The number of aryl methyl sites for hydroxylation is 6. The van der Waals surface area contributed by atoms with E-state index in [0.717, 1.165) is 200 Å². The number of carboxylic acids is 6. The van der Waals surface area contributed by atoms with Gasteiger partial charge in [-0.1, -0.05) is 75.9 Å². The van der Waals surface area contributed by atoms with Gasteiger partial charge >= 0.3 is 44.8 Å². The Bertz CT molecular complexity index is 6430. The average molecular weight is 2080 g/mol. The molecule has 24 bridgehead atoms. The van der Waals surface area contributed by atoms with Crippen molar-refractivity contribution in [3.63, 3.8) is 0 Å². The summed E-state index contributed by atoms with van der Waals surface area (Å²) >= 11 is 0. The minimum atomic E-state index is -1.15. The molecular formula is C102H96Au2N12O12. The molecule has 0 saturated heterocycles. The van der Waals surface area contributed by atoms with Gasteiger partial charge in [-0.3, -0.25) is 0 Å². The van der Waals surface area contributed by atoms with Crippen molar-refractivity contribution in [2.24, 2.45) is 0 Å². The van der Waals surface area contributed by atoms with Gasteiger partial charge in [0.05, 0.1) is 68.3 Å². The van der Waals surface area contributed by atoms with Crippen molar-refractivity contribution in [3.8, 4) is 0 Å². The van der Waals surface area contributed by atoms with Crippen LogP contribution in [-0.4, -0.2) is 95.6 Å². The Morgan fingerprint density at radius 2 is 0.359 bits per heavy atom. The molecule has 0 atom stereocenters. The molecular weight excluding hydrogens is 1980 g/mol. The van der Waals surface area contributed by atoms with Crippen LogP contribution < -0.4 is 30.6 Å². The van der Waals surface area contributed by atoms with Crippen molar-refractivity contribution in [3.05, 3.63) is 247 Å². The van der Waals surface area contributed by atoms with Crippen molar-refractivity contribution in [2.75, 3.05) is 0 Å². The van der Waals surface area contributed by atoms with E-state index in [9.17, 15) is 59.4 Å². The molecule has 6 aliphatic rings. The number of H-pyrrole nitrogens is 6. The van der Waals surface area contributed by atoms with Gasteiger partial charge in [0.15, 0.2) is 0 Å². The smallest absolute Gasteiger partial charge is 0.550 e. The summed E-state index contributed by atoms with van der Waals surface area (Å²) < 4.78 is 0. The third kappa shape index (κ3) is 19.4. The predicted molar refractivity (Wildman–Crippen MR) is 492 cm³/mol. The monoisotopic (exact) mass is 2070 g/mol. The molecule has 658 valence electrons. The predicted octanol–water partition coefficient (Wildman–Crippen LogP) is 15.4. The van der Waals surface area contributed by atoms with Crippen molar-refractivity contribution in [1.29, 1.82) is 0 Å². The summed E-state index contributed by atoms with van der Waals surface area (Å²) in [7, 11) is 0. The number of rotatable bonds is 24. The molecule has 0 fully saturated rings. The van der Waals surface area contributed by atoms with Crippen LogP contribution in [0.15, 0.2) is 112 Å². The van der Waals surface area contributed by atoms with E-state index in [4.69, 9.17) is 29.9 Å². The zero-order chi connectivity index (χ0) is 90.9. The Kier molecular flexibility index (Phi) is 29.5. The number of aromatic amines is 6. The second kappa shape index (κ2) is 39.6. The number of hydrogen-bond donors (Lipinski definition) is 6. The first-order valence-corrected chi connectivity index (χ1v) is 41.5. The number of carbonyl (C=O) groups is 6. The molecule has 9 aromatic heterocycles. The largest absolute Gasteiger partial charge is 3.00 e. The SMILES string of the molecule is C=Cc1c(C)c2cc3[nH]c(cc4nc(cc5nc(cc1[nH]2)C(C)=C5CCC(=O)[O-])C(CCC(=O)[O-])=C4C)c(C)c3C=C.C=Cc1c(C)c2cc3[nH]c(cc4nc(cc5nc(cc1[nH]2)C(C)=C5CCC(=O)[O-])C(CCC(=O)[O-])=C4C)c(C)c3C=C.C=Cc1c(C)c2cc3[nH]c(cc4nc(cc5nc(cc1[nH]2)C(C)=C5CCC(=O)[O-])C(CCC(=O)[O-])=C4C)c(C)c3C=C.[Au+3].[Au+3]. The molecule has 6 aliphatic heterocycles. The number of nitrogens with one attached hydrogen (secondary N) is 6. The van der Waals surface area contributed by atoms with Crippen LogP contribution in [0.1, 0.15) is 254 Å². The molecule has 0 radical (unpaired) electrons. The summed E-state index contributed by atoms with van der Waals surface area (Å²) in [6.07, 6.45) is 11.4. The van der Waals surface area contributed by atoms with Gasteiger partial charge in [-0.2, -0.15) is 0 Å². The average Bonchev–Trinajstić information content (AvgIpc) is 1.62. The van der Waals surface area contributed by atoms with Crippen LogP contribution >= 0.6 is 0 Å². The number of carboxylic acid groups (broad SMARTS) is 6. The Morgan fingerprint density at radius 3 is 0.500 bits per heavy atom. The van der Waals surface area contributed by atoms with E-state index in [-0.39, 0.29) is 122 Å². The number of nitrogens with zero attached hydrogens (tertiary/aromatic N) is 6. The number of carbonyl (C=O) groups excluding carboxylic acids is 6. The van der Waals surface area contributed by atoms with Crippen molar-refractivity contribution in [1.82, 2.24) is 59.8 Å². The summed E-state index contributed by atoms with van der Waals surface area (Å²) in [4.78, 5) is 119. The summed E-state index contributed by atoms with van der Waals surface area (Å²) in [5.41, 5.74) is 39.8. The molecule has 0 spiro atoms. The quantitative estimate of drug-likeness (QED) is 0.0306. The van der Waals surface area contributed by atoms with Gasteiger partial charge in [-0.15, -0.1) is 0 Å². The van der Waals surface area contributed by atoms with Crippen LogP contribution in [0.2, 0.25) is 0 Å². The summed E-state index contributed by atoms with van der Waals surface area (Å²) in [5.74, 6) is -6.87. The topological polar surface area (TPSA) is 413 Å². The molecule has 0 aromatic carbocycles. The van der Waals surface area contributed by atoms with E-state index in [1.165, 1.54) is 0 Å². The van der Waals surface area contributed by atoms with Crippen LogP contribution in [0.4, 0.5) is 0 Å². The number of aliphatic carboxylic acids is 6. The molecule has 128 heavy (non-hydrogen) atoms. The number of fused-ring (bicyclic) bond motifs is 24. The van der Waals surface area contributed by atoms with E-state index in [0.29, 0.717) is 68.3 Å².